The van der Waals surface area contributed by atoms with E-state index in [1.165, 1.54) is 11.8 Å². The van der Waals surface area contributed by atoms with Crippen molar-refractivity contribution in [2.45, 2.75) is 62.9 Å². The predicted molar refractivity (Wildman–Crippen MR) is 130 cm³/mol. The van der Waals surface area contributed by atoms with E-state index in [1.807, 2.05) is 11.6 Å². The minimum atomic E-state index is -1.70. The molecule has 0 aromatic rings. The fourth-order valence-electron chi connectivity index (χ4n) is 2.75. The van der Waals surface area contributed by atoms with Gasteiger partial charge >= 0.3 is 5.97 Å². The summed E-state index contributed by atoms with van der Waals surface area (Å²) < 4.78 is 0. The van der Waals surface area contributed by atoms with Crippen molar-refractivity contribution in [1.29, 1.82) is 0 Å². The lowest BCUT2D eigenvalue weighted by molar-refractivity contribution is -0.145. The van der Waals surface area contributed by atoms with Gasteiger partial charge in [-0.05, 0) is 38.2 Å². The Morgan fingerprint density at radius 3 is 2.00 bits per heavy atom. The van der Waals surface area contributed by atoms with Gasteiger partial charge in [0.15, 0.2) is 12.0 Å². The maximum absolute atomic E-state index is 12.9. The van der Waals surface area contributed by atoms with E-state index >= 15 is 0 Å². The van der Waals surface area contributed by atoms with Crippen LogP contribution < -0.4 is 38.9 Å². The smallest absolute Gasteiger partial charge is 0.328 e. The Balaban J connectivity index is 5.58. The Morgan fingerprint density at radius 2 is 1.51 bits per heavy atom. The Bertz CT molecular complexity index is 776. The number of amides is 4. The van der Waals surface area contributed by atoms with E-state index in [2.05, 4.69) is 15.6 Å². The van der Waals surface area contributed by atoms with Crippen LogP contribution in [-0.4, -0.2) is 94.6 Å². The maximum Gasteiger partial charge on any atom is 0.328 e. The summed E-state index contributed by atoms with van der Waals surface area (Å²) in [4.78, 5) is 64.5. The van der Waals surface area contributed by atoms with Gasteiger partial charge in [-0.3, -0.25) is 24.2 Å². The molecule has 0 aromatic carbocycles. The number of rotatable bonds is 17. The number of primary amides is 1. The largest absolute Gasteiger partial charge is 0.480 e. The molecule has 0 spiro atoms. The summed E-state index contributed by atoms with van der Waals surface area (Å²) in [5, 5.41) is 25.6. The van der Waals surface area contributed by atoms with Crippen molar-refractivity contribution in [2.75, 3.05) is 18.6 Å². The highest BCUT2D eigenvalue weighted by Crippen LogP contribution is 2.05. The molecule has 0 bridgehead atoms. The molecule has 5 atom stereocenters. The summed E-state index contributed by atoms with van der Waals surface area (Å²) in [6.07, 6.45) is 0.406. The van der Waals surface area contributed by atoms with Crippen LogP contribution in [0.2, 0.25) is 0 Å². The number of hydrogen-bond acceptors (Lipinski definition) is 9. The topological polar surface area (TPSA) is 278 Å². The van der Waals surface area contributed by atoms with E-state index in [0.29, 0.717) is 12.2 Å². The highest BCUT2D eigenvalue weighted by Gasteiger charge is 2.32. The van der Waals surface area contributed by atoms with Gasteiger partial charge in [-0.25, -0.2) is 4.79 Å². The van der Waals surface area contributed by atoms with Gasteiger partial charge in [0.05, 0.1) is 18.6 Å². The predicted octanol–water partition coefficient (Wildman–Crippen LogP) is -4.08. The number of aliphatic hydroxyl groups excluding tert-OH is 1. The molecule has 13 N–H and O–H groups in total. The van der Waals surface area contributed by atoms with Crippen molar-refractivity contribution in [2.24, 2.45) is 27.9 Å². The lowest BCUT2D eigenvalue weighted by Crippen LogP contribution is -2.58. The monoisotopic (exact) mass is 520 g/mol. The Morgan fingerprint density at radius 1 is 0.943 bits per heavy atom. The third kappa shape index (κ3) is 13.4. The molecular weight excluding hydrogens is 484 g/mol. The number of carbonyl (C=O) groups excluding carboxylic acids is 4. The molecular formula is C19H36N8O7S. The zero-order chi connectivity index (χ0) is 27.1. The summed E-state index contributed by atoms with van der Waals surface area (Å²) in [7, 11) is 0. The van der Waals surface area contributed by atoms with Crippen LogP contribution in [-0.2, 0) is 24.0 Å². The van der Waals surface area contributed by atoms with Crippen LogP contribution in [0.25, 0.3) is 0 Å². The lowest BCUT2D eigenvalue weighted by atomic mass is 10.1. The second-order valence-corrected chi connectivity index (χ2v) is 8.68. The fourth-order valence-corrected chi connectivity index (χ4v) is 3.24. The lowest BCUT2D eigenvalue weighted by Gasteiger charge is -2.25. The van der Waals surface area contributed by atoms with Crippen LogP contribution in [0.1, 0.15) is 32.6 Å². The molecule has 16 heteroatoms. The van der Waals surface area contributed by atoms with Crippen LogP contribution in [0.5, 0.6) is 0 Å². The summed E-state index contributed by atoms with van der Waals surface area (Å²) in [6, 6.07) is -5.32. The minimum Gasteiger partial charge on any atom is -0.480 e. The van der Waals surface area contributed by atoms with Crippen molar-refractivity contribution in [3.8, 4) is 0 Å². The number of carboxylic acids is 1. The molecule has 35 heavy (non-hydrogen) atoms. The molecule has 0 aliphatic rings. The van der Waals surface area contributed by atoms with Crippen LogP contribution in [0.4, 0.5) is 0 Å². The van der Waals surface area contributed by atoms with Gasteiger partial charge < -0.3 is 49.1 Å². The minimum absolute atomic E-state index is 0.0555. The first-order valence-corrected chi connectivity index (χ1v) is 12.1. The number of nitrogens with zero attached hydrogens (tertiary/aromatic N) is 1. The van der Waals surface area contributed by atoms with Crippen LogP contribution >= 0.6 is 11.8 Å². The SMILES string of the molecule is CSCCC(N)C(=O)NC(CCCN=C(N)N)C(=O)NC(CC(N)=O)C(=O)NC(C(=O)O)C(C)O. The van der Waals surface area contributed by atoms with Gasteiger partial charge in [0.2, 0.25) is 23.6 Å². The average Bonchev–Trinajstić information content (AvgIpc) is 2.75. The van der Waals surface area contributed by atoms with Gasteiger partial charge in [-0.15, -0.1) is 0 Å². The number of aliphatic hydroxyl groups is 1. The van der Waals surface area contributed by atoms with Crippen molar-refractivity contribution in [3.05, 3.63) is 0 Å². The number of nitrogens with one attached hydrogen (secondary N) is 3. The molecule has 0 saturated carbocycles. The van der Waals surface area contributed by atoms with Crippen LogP contribution in [0.15, 0.2) is 4.99 Å². The molecule has 200 valence electrons. The zero-order valence-corrected chi connectivity index (χ0v) is 20.5. The normalized spacial score (nSPS) is 15.0. The molecule has 0 fully saturated rings. The third-order valence-corrected chi connectivity index (χ3v) is 5.28. The summed E-state index contributed by atoms with van der Waals surface area (Å²) in [6.45, 7) is 1.30. The van der Waals surface area contributed by atoms with E-state index < -0.39 is 66.3 Å². The van der Waals surface area contributed by atoms with Crippen molar-refractivity contribution in [1.82, 2.24) is 16.0 Å². The average molecular weight is 521 g/mol. The summed E-state index contributed by atoms with van der Waals surface area (Å²) >= 11 is 1.49. The quantitative estimate of drug-likeness (QED) is 0.0505. The summed E-state index contributed by atoms with van der Waals surface area (Å²) in [5.41, 5.74) is 21.6. The molecule has 0 aromatic heterocycles. The van der Waals surface area contributed by atoms with E-state index in [-0.39, 0.29) is 25.3 Å². The molecule has 0 rings (SSSR count). The van der Waals surface area contributed by atoms with Crippen molar-refractivity contribution < 1.29 is 34.2 Å². The first-order chi connectivity index (χ1) is 16.3. The Hall–Kier alpha value is -3.11. The molecule has 0 radical (unpaired) electrons. The van der Waals surface area contributed by atoms with Crippen molar-refractivity contribution >= 4 is 47.3 Å². The fraction of sp³-hybridized carbons (Fsp3) is 0.684. The first kappa shape index (κ1) is 31.9. The highest BCUT2D eigenvalue weighted by atomic mass is 32.2. The standard InChI is InChI=1S/C19H36N8O7S/c1-9(28)14(18(33)34)27-17(32)12(8-13(21)29)26-16(31)11(4-3-6-24-19(22)23)25-15(30)10(20)5-7-35-2/h9-12,14,28H,3-8,20H2,1-2H3,(H2,21,29)(H,25,30)(H,26,31)(H,27,32)(H,33,34)(H4,22,23,24). The number of nitrogens with two attached hydrogens (primary N) is 4. The van der Waals surface area contributed by atoms with E-state index in [0.717, 1.165) is 6.92 Å². The van der Waals surface area contributed by atoms with E-state index in [1.54, 1.807) is 0 Å². The molecule has 5 unspecified atom stereocenters. The number of aliphatic imine (C=N–C) groups is 1. The number of aliphatic carboxylic acids is 1. The Kier molecular flexibility index (Phi) is 15.0. The molecule has 0 saturated heterocycles. The van der Waals surface area contributed by atoms with Gasteiger partial charge in [0.25, 0.3) is 0 Å². The van der Waals surface area contributed by atoms with Crippen molar-refractivity contribution in [3.63, 3.8) is 0 Å². The molecule has 0 aliphatic carbocycles. The second-order valence-electron chi connectivity index (χ2n) is 7.69. The second kappa shape index (κ2) is 16.5. The molecule has 4 amide bonds. The Labute approximate surface area is 207 Å². The number of carbonyl (C=O) groups is 5. The molecule has 15 nitrogen and oxygen atoms in total. The highest BCUT2D eigenvalue weighted by molar-refractivity contribution is 7.98. The maximum atomic E-state index is 12.9. The van der Waals surface area contributed by atoms with E-state index in [9.17, 15) is 29.1 Å². The van der Waals surface area contributed by atoms with E-state index in [4.69, 9.17) is 28.0 Å². The van der Waals surface area contributed by atoms with Crippen LogP contribution in [0.3, 0.4) is 0 Å². The first-order valence-electron chi connectivity index (χ1n) is 10.7. The third-order valence-electron chi connectivity index (χ3n) is 4.63. The number of guanidine groups is 1. The van der Waals surface area contributed by atoms with Crippen LogP contribution in [0, 0.1) is 0 Å². The number of hydrogen-bond donors (Lipinski definition) is 9. The summed E-state index contributed by atoms with van der Waals surface area (Å²) in [5.74, 6) is -4.53. The van der Waals surface area contributed by atoms with Gasteiger partial charge in [0, 0.05) is 6.54 Å². The van der Waals surface area contributed by atoms with Gasteiger partial charge in [-0.2, -0.15) is 11.8 Å². The van der Waals surface area contributed by atoms with Gasteiger partial charge in [-0.1, -0.05) is 0 Å². The number of thioether (sulfide) groups is 1. The number of carboxylic acid groups (broad SMARTS) is 1. The molecule has 0 heterocycles. The van der Waals surface area contributed by atoms with Gasteiger partial charge in [0.1, 0.15) is 12.1 Å². The zero-order valence-electron chi connectivity index (χ0n) is 19.7. The molecule has 0 aliphatic heterocycles.